The molecule has 0 unspecified atom stereocenters. The van der Waals surface area contributed by atoms with Crippen molar-refractivity contribution in [2.75, 3.05) is 19.1 Å². The van der Waals surface area contributed by atoms with Crippen molar-refractivity contribution < 1.29 is 9.53 Å². The van der Waals surface area contributed by atoms with Crippen LogP contribution in [0.1, 0.15) is 12.8 Å². The van der Waals surface area contributed by atoms with E-state index in [9.17, 15) is 4.79 Å². The SMILES string of the molecule is COc1ccc(N(C)C(=O)C2(N)CC2)cc1. The van der Waals surface area contributed by atoms with E-state index in [1.807, 2.05) is 24.3 Å². The smallest absolute Gasteiger partial charge is 0.246 e. The number of benzene rings is 1. The third-order valence-corrected chi connectivity index (χ3v) is 2.98. The fourth-order valence-corrected chi connectivity index (χ4v) is 1.61. The lowest BCUT2D eigenvalue weighted by molar-refractivity contribution is -0.120. The van der Waals surface area contributed by atoms with Crippen molar-refractivity contribution in [3.8, 4) is 5.75 Å². The Morgan fingerprint density at radius 2 is 1.94 bits per heavy atom. The van der Waals surface area contributed by atoms with Crippen molar-refractivity contribution in [3.63, 3.8) is 0 Å². The van der Waals surface area contributed by atoms with Gasteiger partial charge in [-0.05, 0) is 37.1 Å². The predicted octanol–water partition coefficient (Wildman–Crippen LogP) is 1.15. The molecular formula is C12H16N2O2. The van der Waals surface area contributed by atoms with Crippen molar-refractivity contribution in [3.05, 3.63) is 24.3 Å². The summed E-state index contributed by atoms with van der Waals surface area (Å²) in [6.45, 7) is 0. The van der Waals surface area contributed by atoms with Crippen molar-refractivity contribution in [2.24, 2.45) is 5.73 Å². The molecule has 0 spiro atoms. The number of hydrogen-bond donors (Lipinski definition) is 1. The Bertz CT molecular complexity index is 396. The molecule has 16 heavy (non-hydrogen) atoms. The number of rotatable bonds is 3. The molecule has 0 aromatic heterocycles. The Kier molecular flexibility index (Phi) is 2.59. The van der Waals surface area contributed by atoms with Gasteiger partial charge in [-0.25, -0.2) is 0 Å². The van der Waals surface area contributed by atoms with Gasteiger partial charge in [0, 0.05) is 12.7 Å². The Morgan fingerprint density at radius 3 is 2.38 bits per heavy atom. The number of carbonyl (C=O) groups excluding carboxylic acids is 1. The van der Waals surface area contributed by atoms with Gasteiger partial charge in [-0.2, -0.15) is 0 Å². The highest BCUT2D eigenvalue weighted by molar-refractivity contribution is 6.01. The molecule has 1 aliphatic rings. The van der Waals surface area contributed by atoms with E-state index < -0.39 is 5.54 Å². The van der Waals surface area contributed by atoms with Gasteiger partial charge in [-0.15, -0.1) is 0 Å². The maximum atomic E-state index is 12.0. The first-order chi connectivity index (χ1) is 7.57. The summed E-state index contributed by atoms with van der Waals surface area (Å²) < 4.78 is 5.06. The molecular weight excluding hydrogens is 204 g/mol. The van der Waals surface area contributed by atoms with Gasteiger partial charge in [-0.3, -0.25) is 4.79 Å². The summed E-state index contributed by atoms with van der Waals surface area (Å²) >= 11 is 0. The molecule has 0 saturated heterocycles. The fraction of sp³-hybridized carbons (Fsp3) is 0.417. The van der Waals surface area contributed by atoms with Gasteiger partial charge in [0.25, 0.3) is 0 Å². The van der Waals surface area contributed by atoms with Crippen LogP contribution in [-0.2, 0) is 4.79 Å². The molecule has 0 bridgehead atoms. The number of ether oxygens (including phenoxy) is 1. The van der Waals surface area contributed by atoms with Crippen LogP contribution in [-0.4, -0.2) is 25.6 Å². The number of carbonyl (C=O) groups is 1. The summed E-state index contributed by atoms with van der Waals surface area (Å²) in [5, 5.41) is 0. The highest BCUT2D eigenvalue weighted by Crippen LogP contribution is 2.35. The minimum absolute atomic E-state index is 0.0160. The average molecular weight is 220 g/mol. The molecule has 0 atom stereocenters. The standard InChI is InChI=1S/C12H16N2O2/c1-14(11(15)12(13)7-8-12)9-3-5-10(16-2)6-4-9/h3-6H,7-8,13H2,1-2H3. The highest BCUT2D eigenvalue weighted by Gasteiger charge is 2.47. The van der Waals surface area contributed by atoms with Gasteiger partial charge >= 0.3 is 0 Å². The monoisotopic (exact) mass is 220 g/mol. The van der Waals surface area contributed by atoms with E-state index in [2.05, 4.69) is 0 Å². The van der Waals surface area contributed by atoms with Crippen LogP contribution in [0, 0.1) is 0 Å². The van der Waals surface area contributed by atoms with E-state index in [1.54, 1.807) is 19.1 Å². The Hall–Kier alpha value is -1.55. The van der Waals surface area contributed by atoms with Crippen molar-refractivity contribution in [1.82, 2.24) is 0 Å². The molecule has 0 heterocycles. The van der Waals surface area contributed by atoms with E-state index in [1.165, 1.54) is 0 Å². The molecule has 4 nitrogen and oxygen atoms in total. The molecule has 1 saturated carbocycles. The predicted molar refractivity (Wildman–Crippen MR) is 62.6 cm³/mol. The summed E-state index contributed by atoms with van der Waals surface area (Å²) in [7, 11) is 3.36. The minimum atomic E-state index is -0.616. The van der Waals surface area contributed by atoms with E-state index in [0.29, 0.717) is 0 Å². The fourth-order valence-electron chi connectivity index (χ4n) is 1.61. The molecule has 1 aliphatic carbocycles. The van der Waals surface area contributed by atoms with Gasteiger partial charge in [0.15, 0.2) is 0 Å². The van der Waals surface area contributed by atoms with Crippen LogP contribution in [0.5, 0.6) is 5.75 Å². The number of anilines is 1. The number of hydrogen-bond acceptors (Lipinski definition) is 3. The zero-order valence-corrected chi connectivity index (χ0v) is 9.56. The molecule has 0 aliphatic heterocycles. The summed E-state index contributed by atoms with van der Waals surface area (Å²) in [5.41, 5.74) is 6.09. The number of nitrogens with two attached hydrogens (primary N) is 1. The van der Waals surface area contributed by atoms with Gasteiger partial charge in [0.05, 0.1) is 12.6 Å². The van der Waals surface area contributed by atoms with E-state index in [0.717, 1.165) is 24.3 Å². The van der Waals surface area contributed by atoms with Crippen LogP contribution < -0.4 is 15.4 Å². The first-order valence-electron chi connectivity index (χ1n) is 5.28. The quantitative estimate of drug-likeness (QED) is 0.831. The van der Waals surface area contributed by atoms with Crippen molar-refractivity contribution >= 4 is 11.6 Å². The van der Waals surface area contributed by atoms with E-state index in [-0.39, 0.29) is 5.91 Å². The molecule has 4 heteroatoms. The molecule has 2 rings (SSSR count). The van der Waals surface area contributed by atoms with Crippen molar-refractivity contribution in [2.45, 2.75) is 18.4 Å². The topological polar surface area (TPSA) is 55.6 Å². The zero-order valence-electron chi connectivity index (χ0n) is 9.56. The lowest BCUT2D eigenvalue weighted by Crippen LogP contribution is -2.43. The molecule has 1 aromatic carbocycles. The number of likely N-dealkylation sites (N-methyl/N-ethyl adjacent to an activating group) is 1. The Labute approximate surface area is 95.0 Å². The van der Waals surface area contributed by atoms with Crippen LogP contribution in [0.4, 0.5) is 5.69 Å². The largest absolute Gasteiger partial charge is 0.497 e. The minimum Gasteiger partial charge on any atom is -0.497 e. The molecule has 1 amide bonds. The number of nitrogens with zero attached hydrogens (tertiary/aromatic N) is 1. The Morgan fingerprint density at radius 1 is 1.38 bits per heavy atom. The van der Waals surface area contributed by atoms with Crippen LogP contribution in [0.15, 0.2) is 24.3 Å². The number of amides is 1. The van der Waals surface area contributed by atoms with E-state index in [4.69, 9.17) is 10.5 Å². The van der Waals surface area contributed by atoms with Gasteiger partial charge < -0.3 is 15.4 Å². The second-order valence-corrected chi connectivity index (χ2v) is 4.22. The lowest BCUT2D eigenvalue weighted by atomic mass is 10.2. The lowest BCUT2D eigenvalue weighted by Gasteiger charge is -2.21. The maximum Gasteiger partial charge on any atom is 0.246 e. The van der Waals surface area contributed by atoms with Crippen LogP contribution in [0.2, 0.25) is 0 Å². The normalized spacial score (nSPS) is 16.7. The second-order valence-electron chi connectivity index (χ2n) is 4.22. The first-order valence-corrected chi connectivity index (χ1v) is 5.28. The summed E-state index contributed by atoms with van der Waals surface area (Å²) in [6.07, 6.45) is 1.57. The summed E-state index contributed by atoms with van der Waals surface area (Å²) in [5.74, 6) is 0.760. The molecule has 0 radical (unpaired) electrons. The first kappa shape index (κ1) is 11.0. The molecule has 1 aromatic rings. The third-order valence-electron chi connectivity index (χ3n) is 2.98. The molecule has 1 fully saturated rings. The van der Waals surface area contributed by atoms with Gasteiger partial charge in [0.2, 0.25) is 5.91 Å². The zero-order chi connectivity index (χ0) is 11.8. The van der Waals surface area contributed by atoms with Gasteiger partial charge in [-0.1, -0.05) is 0 Å². The second kappa shape index (κ2) is 3.79. The summed E-state index contributed by atoms with van der Waals surface area (Å²) in [4.78, 5) is 13.6. The molecule has 86 valence electrons. The third kappa shape index (κ3) is 1.88. The van der Waals surface area contributed by atoms with Crippen LogP contribution >= 0.6 is 0 Å². The van der Waals surface area contributed by atoms with E-state index >= 15 is 0 Å². The average Bonchev–Trinajstić information content (AvgIpc) is 3.07. The van der Waals surface area contributed by atoms with Crippen LogP contribution in [0.3, 0.4) is 0 Å². The number of methoxy groups -OCH3 is 1. The maximum absolute atomic E-state index is 12.0. The highest BCUT2D eigenvalue weighted by atomic mass is 16.5. The molecule has 2 N–H and O–H groups in total. The van der Waals surface area contributed by atoms with Gasteiger partial charge in [0.1, 0.15) is 5.75 Å². The summed E-state index contributed by atoms with van der Waals surface area (Å²) in [6, 6.07) is 7.36. The van der Waals surface area contributed by atoms with Crippen LogP contribution in [0.25, 0.3) is 0 Å². The Balaban J connectivity index is 2.14. The van der Waals surface area contributed by atoms with Crippen molar-refractivity contribution in [1.29, 1.82) is 0 Å².